The third kappa shape index (κ3) is 9.79. The Morgan fingerprint density at radius 3 is 0.949 bits per heavy atom. The smallest absolute Gasteiger partial charge is 0.184 e. The fourth-order valence-corrected chi connectivity index (χ4v) is 12.8. The molecule has 16 bridgehead atoms. The molecule has 22 heteroatoms. The first-order valence-corrected chi connectivity index (χ1v) is 33.1. The van der Waals surface area contributed by atoms with Gasteiger partial charge in [0.2, 0.25) is 0 Å². The Morgan fingerprint density at radius 1 is 0.224 bits per heavy atom. The van der Waals surface area contributed by atoms with Crippen LogP contribution in [0.25, 0.3) is 180 Å². The first-order valence-electron chi connectivity index (χ1n) is 33.1. The summed E-state index contributed by atoms with van der Waals surface area (Å²) in [7, 11) is 0. The number of aromatic amines is 4. The minimum Gasteiger partial charge on any atom is -0.324 e. The van der Waals surface area contributed by atoms with Gasteiger partial charge in [0.15, 0.2) is 69.2 Å². The zero-order chi connectivity index (χ0) is 68.4. The summed E-state index contributed by atoms with van der Waals surface area (Å²) < 4.78 is 0. The molecule has 13 heterocycles. The van der Waals surface area contributed by atoms with Crippen molar-refractivity contribution in [2.45, 2.75) is 157 Å². The van der Waals surface area contributed by atoms with Crippen LogP contribution in [0.5, 0.6) is 0 Å². The molecule has 486 valence electrons. The van der Waals surface area contributed by atoms with Crippen molar-refractivity contribution >= 4 is 88.8 Å². The number of rotatable bonds is 0. The van der Waals surface area contributed by atoms with Gasteiger partial charge in [0.25, 0.3) is 0 Å². The van der Waals surface area contributed by atoms with Gasteiger partial charge in [0, 0.05) is 89.8 Å². The molecule has 4 aliphatic heterocycles. The highest BCUT2D eigenvalue weighted by molar-refractivity contribution is 6.08. The highest BCUT2D eigenvalue weighted by Gasteiger charge is 2.33. The standard InChI is InChI=1S/C76H72N22/c1-71(2,3)33-19-22-36-39(25-33)58-83-55(36)84-59-40-26-34(72(4,5)6)20-23-37(40)57(86-59)88-61-42-28-44-45(29-43(42)62(90-61)89-60-41-27-35(73(7,8)9)21-24-38(41)56(85-58)87-60)64-91-63(44)92-65-49-53(81-47(30-77-49)75(13,14)15)69(94-65)97-67-51-54(82-48(32-79-51)76(16,17)18)70(98-67)96-66-50-52(68(93-64)95-66)80-46(31-78-50)74(10,11)12/h19-32H,1-18H3,(H2,83,84,85,86,87,88,89,90)(H2,91,92,93,94,95,96,97,98). The lowest BCUT2D eigenvalue weighted by molar-refractivity contribution is 0.566. The Kier molecular flexibility index (Phi) is 12.5. The molecule has 0 fully saturated rings. The monoisotopic (exact) mass is 1290 g/mol. The van der Waals surface area contributed by atoms with Gasteiger partial charge in [0.05, 0.1) is 17.1 Å². The van der Waals surface area contributed by atoms with Crippen LogP contribution in [-0.2, 0) is 32.5 Å². The zero-order valence-corrected chi connectivity index (χ0v) is 58.1. The van der Waals surface area contributed by atoms with E-state index in [0.29, 0.717) is 136 Å². The minimum atomic E-state index is -0.387. The quantitative estimate of drug-likeness (QED) is 0.110. The fourth-order valence-electron chi connectivity index (χ4n) is 12.8. The second-order valence-corrected chi connectivity index (χ2v) is 32.3. The number of hydrogen-bond acceptors (Lipinski definition) is 18. The van der Waals surface area contributed by atoms with Crippen LogP contribution in [-0.4, -0.2) is 110 Å². The lowest BCUT2D eigenvalue weighted by Crippen LogP contribution is -2.14. The summed E-state index contributed by atoms with van der Waals surface area (Å²) in [5.74, 6) is 3.02. The predicted molar refractivity (Wildman–Crippen MR) is 385 cm³/mol. The van der Waals surface area contributed by atoms with Crippen molar-refractivity contribution in [2.24, 2.45) is 0 Å². The Balaban J connectivity index is 0.999. The van der Waals surface area contributed by atoms with Crippen molar-refractivity contribution < 1.29 is 0 Å². The SMILES string of the molecule is CC(C)(C)c1ccc2c(c1)-c1nc-2nc2[nH]c(nc3nc(nc4[nH]c(n1)c1ccc(C(C)(C)C)cc41)-c1cc4c(cc1-3)-c1nc-4nc3[nH]c(nc4nc(nc5[nH]c(n1)c1ncc(C(C)(C)C)nc51)-c1ncc(C(C)(C)C)nc1-4)c1ncc(C(C)(C)C)nc31)c1ccc(C(C)(C)C)cc21. The van der Waals surface area contributed by atoms with Crippen LogP contribution >= 0.6 is 0 Å². The fraction of sp³-hybridized carbons (Fsp3) is 0.316. The number of hydrogen-bond donors (Lipinski definition) is 4. The normalized spacial score (nSPS) is 13.4. The average Bonchev–Trinajstić information content (AvgIpc) is 1.57. The summed E-state index contributed by atoms with van der Waals surface area (Å²) in [5, 5.41) is 3.44. The molecule has 0 spiro atoms. The Bertz CT molecular complexity index is 5720. The van der Waals surface area contributed by atoms with Crippen LogP contribution < -0.4 is 0 Å². The van der Waals surface area contributed by atoms with Gasteiger partial charge in [-0.15, -0.1) is 0 Å². The molecule has 4 aromatic carbocycles. The van der Waals surface area contributed by atoms with E-state index < -0.39 is 0 Å². The summed E-state index contributed by atoms with van der Waals surface area (Å²) in [6.07, 6.45) is 5.34. The molecule has 0 atom stereocenters. The van der Waals surface area contributed by atoms with Gasteiger partial charge in [-0.3, -0.25) is 0 Å². The van der Waals surface area contributed by atoms with Crippen LogP contribution in [0.2, 0.25) is 0 Å². The lowest BCUT2D eigenvalue weighted by atomic mass is 9.85. The first kappa shape index (κ1) is 60.5. The van der Waals surface area contributed by atoms with Crippen molar-refractivity contribution in [1.29, 1.82) is 0 Å². The van der Waals surface area contributed by atoms with E-state index in [1.54, 1.807) is 18.6 Å². The number of aromatic nitrogens is 22. The third-order valence-corrected chi connectivity index (χ3v) is 18.8. The van der Waals surface area contributed by atoms with Crippen LogP contribution in [0.1, 0.15) is 158 Å². The summed E-state index contributed by atoms with van der Waals surface area (Å²) in [6.45, 7) is 38.7. The van der Waals surface area contributed by atoms with Crippen molar-refractivity contribution in [2.75, 3.05) is 0 Å². The molecule has 0 unspecified atom stereocenters. The number of fused-ring (bicyclic) bond motifs is 40. The number of nitrogens with one attached hydrogen (secondary N) is 4. The van der Waals surface area contributed by atoms with Crippen molar-refractivity contribution in [1.82, 2.24) is 110 Å². The van der Waals surface area contributed by atoms with Gasteiger partial charge < -0.3 is 19.9 Å². The average molecular weight is 1290 g/mol. The molecule has 4 N–H and O–H groups in total. The highest BCUT2D eigenvalue weighted by atomic mass is 15.1. The molecule has 98 heavy (non-hydrogen) atoms. The number of nitrogens with zero attached hydrogens (tertiary/aromatic N) is 18. The molecule has 0 aliphatic carbocycles. The van der Waals surface area contributed by atoms with Crippen LogP contribution in [0.3, 0.4) is 0 Å². The molecule has 4 aliphatic rings. The second kappa shape index (κ2) is 20.2. The van der Waals surface area contributed by atoms with E-state index in [1.807, 2.05) is 12.1 Å². The molecule has 13 aromatic rings. The van der Waals surface area contributed by atoms with Crippen molar-refractivity contribution in [3.05, 3.63) is 119 Å². The van der Waals surface area contributed by atoms with Crippen LogP contribution in [0.4, 0.5) is 0 Å². The molecule has 0 radical (unpaired) electrons. The van der Waals surface area contributed by atoms with Gasteiger partial charge in [0.1, 0.15) is 56.0 Å². The van der Waals surface area contributed by atoms with Gasteiger partial charge in [-0.25, -0.2) is 89.7 Å². The van der Waals surface area contributed by atoms with E-state index in [2.05, 4.69) is 199 Å². The van der Waals surface area contributed by atoms with E-state index in [4.69, 9.17) is 89.7 Å². The van der Waals surface area contributed by atoms with Crippen LogP contribution in [0, 0.1) is 0 Å². The zero-order valence-electron chi connectivity index (χ0n) is 58.1. The van der Waals surface area contributed by atoms with E-state index in [1.165, 1.54) is 0 Å². The largest absolute Gasteiger partial charge is 0.324 e. The van der Waals surface area contributed by atoms with Crippen molar-refractivity contribution in [3.8, 4) is 91.4 Å². The topological polar surface area (TPSA) is 295 Å². The number of H-pyrrole nitrogens is 4. The molecule has 0 amide bonds. The summed E-state index contributed by atoms with van der Waals surface area (Å²) in [5.41, 5.74) is 14.8. The minimum absolute atomic E-state index is 0.158. The maximum absolute atomic E-state index is 5.58. The van der Waals surface area contributed by atoms with E-state index in [-0.39, 0.29) is 44.1 Å². The lowest BCUT2D eigenvalue weighted by Gasteiger charge is -2.19. The van der Waals surface area contributed by atoms with Crippen LogP contribution in [0.15, 0.2) is 85.3 Å². The predicted octanol–water partition coefficient (Wildman–Crippen LogP) is 16.2. The Labute approximate surface area is 563 Å². The van der Waals surface area contributed by atoms with Crippen molar-refractivity contribution in [3.63, 3.8) is 0 Å². The summed E-state index contributed by atoms with van der Waals surface area (Å²) in [4.78, 5) is 110. The van der Waals surface area contributed by atoms with Gasteiger partial charge in [-0.2, -0.15) is 0 Å². The summed E-state index contributed by atoms with van der Waals surface area (Å²) >= 11 is 0. The van der Waals surface area contributed by atoms with E-state index in [9.17, 15) is 0 Å². The molecule has 17 rings (SSSR count). The van der Waals surface area contributed by atoms with Gasteiger partial charge >= 0.3 is 0 Å². The molecular formula is C76H72N22. The highest BCUT2D eigenvalue weighted by Crippen LogP contribution is 2.46. The first-order chi connectivity index (χ1) is 46.2. The van der Waals surface area contributed by atoms with Gasteiger partial charge in [-0.05, 0) is 63.3 Å². The Hall–Kier alpha value is -11.2. The van der Waals surface area contributed by atoms with E-state index in [0.717, 1.165) is 66.4 Å². The third-order valence-electron chi connectivity index (χ3n) is 18.8. The molecule has 9 aromatic heterocycles. The van der Waals surface area contributed by atoms with E-state index >= 15 is 0 Å². The maximum atomic E-state index is 5.58. The molecule has 0 saturated heterocycles. The summed E-state index contributed by atoms with van der Waals surface area (Å²) in [6, 6.07) is 23.5. The molecular weight excluding hydrogens is 1220 g/mol. The van der Waals surface area contributed by atoms with Gasteiger partial charge in [-0.1, -0.05) is 161 Å². The molecule has 0 saturated carbocycles. The Morgan fingerprint density at radius 2 is 0.531 bits per heavy atom. The number of benzene rings is 4. The maximum Gasteiger partial charge on any atom is 0.184 e. The second-order valence-electron chi connectivity index (χ2n) is 32.3. The molecule has 22 nitrogen and oxygen atoms in total.